The molecule has 0 amide bonds. The van der Waals surface area contributed by atoms with Gasteiger partial charge in [-0.3, -0.25) is 0 Å². The van der Waals surface area contributed by atoms with E-state index in [-0.39, 0.29) is 0 Å². The highest BCUT2D eigenvalue weighted by atomic mass is 28.3. The first-order valence-corrected chi connectivity index (χ1v) is 9.34. The fraction of sp³-hybridized carbons (Fsp3) is 0.833. The molecule has 0 heterocycles. The van der Waals surface area contributed by atoms with Gasteiger partial charge in [0.1, 0.15) is 5.60 Å². The number of hydrogen-bond donors (Lipinski definition) is 1. The van der Waals surface area contributed by atoms with E-state index in [4.69, 9.17) is 0 Å². The summed E-state index contributed by atoms with van der Waals surface area (Å²) in [6, 6.07) is 1.01. The quantitative estimate of drug-likeness (QED) is 0.521. The van der Waals surface area contributed by atoms with E-state index in [1.54, 1.807) is 0 Å². The van der Waals surface area contributed by atoms with E-state index in [1.807, 2.05) is 0 Å². The Morgan fingerprint density at radius 1 is 1.14 bits per heavy atom. The molecule has 0 aromatic rings. The molecule has 0 radical (unpaired) electrons. The normalized spacial score (nSPS) is 21.1. The molecule has 1 N–H and O–H groups in total. The van der Waals surface area contributed by atoms with Crippen molar-refractivity contribution in [1.29, 1.82) is 0 Å². The van der Waals surface area contributed by atoms with Crippen LogP contribution in [0.3, 0.4) is 0 Å². The standard InChI is InChI=1S/C12H22OSi/c1-14(2,3)11-7-10-12(13)8-5-4-6-9-12/h13H,4-6,8-9,11H2,1-3H3. The Kier molecular flexibility index (Phi) is 3.80. The second-order valence-corrected chi connectivity index (χ2v) is 11.1. The van der Waals surface area contributed by atoms with Crippen LogP contribution in [0.4, 0.5) is 0 Å². The molecule has 0 aliphatic heterocycles. The number of aliphatic hydroxyl groups is 1. The van der Waals surface area contributed by atoms with Crippen LogP contribution >= 0.6 is 0 Å². The van der Waals surface area contributed by atoms with Crippen LogP contribution in [0.2, 0.25) is 25.7 Å². The Balaban J connectivity index is 2.48. The van der Waals surface area contributed by atoms with E-state index in [9.17, 15) is 5.11 Å². The third-order valence-corrected chi connectivity index (χ3v) is 3.86. The van der Waals surface area contributed by atoms with Crippen molar-refractivity contribution < 1.29 is 5.11 Å². The van der Waals surface area contributed by atoms with Crippen molar-refractivity contribution >= 4 is 8.07 Å². The van der Waals surface area contributed by atoms with Gasteiger partial charge >= 0.3 is 0 Å². The summed E-state index contributed by atoms with van der Waals surface area (Å²) in [5.41, 5.74) is -0.641. The van der Waals surface area contributed by atoms with Gasteiger partial charge in [0.05, 0.1) is 8.07 Å². The van der Waals surface area contributed by atoms with Crippen LogP contribution in [0.25, 0.3) is 0 Å². The van der Waals surface area contributed by atoms with E-state index in [0.717, 1.165) is 31.7 Å². The van der Waals surface area contributed by atoms with Gasteiger partial charge in [-0.1, -0.05) is 32.0 Å². The predicted molar refractivity (Wildman–Crippen MR) is 64.0 cm³/mol. The molecule has 1 saturated carbocycles. The summed E-state index contributed by atoms with van der Waals surface area (Å²) in [5, 5.41) is 10.1. The van der Waals surface area contributed by atoms with Crippen molar-refractivity contribution in [2.75, 3.05) is 0 Å². The Hall–Kier alpha value is -0.263. The minimum Gasteiger partial charge on any atom is -0.378 e. The molecule has 1 nitrogen and oxygen atoms in total. The lowest BCUT2D eigenvalue weighted by molar-refractivity contribution is 0.0610. The molecule has 1 aliphatic rings. The summed E-state index contributed by atoms with van der Waals surface area (Å²) in [5.74, 6) is 6.29. The smallest absolute Gasteiger partial charge is 0.125 e. The first-order chi connectivity index (χ1) is 6.41. The second kappa shape index (κ2) is 4.50. The molecule has 1 aliphatic carbocycles. The Morgan fingerprint density at radius 2 is 1.71 bits per heavy atom. The lowest BCUT2D eigenvalue weighted by Gasteiger charge is -2.26. The molecule has 0 atom stereocenters. The van der Waals surface area contributed by atoms with Crippen LogP contribution in [-0.4, -0.2) is 18.8 Å². The summed E-state index contributed by atoms with van der Waals surface area (Å²) in [4.78, 5) is 0. The summed E-state index contributed by atoms with van der Waals surface area (Å²) in [6.07, 6.45) is 5.30. The molecular formula is C12H22OSi. The topological polar surface area (TPSA) is 20.2 Å². The SMILES string of the molecule is C[Si](C)(C)CC#CC1(O)CCCCC1. The fourth-order valence-corrected chi connectivity index (χ4v) is 2.35. The molecule has 0 saturated heterocycles. The van der Waals surface area contributed by atoms with Gasteiger partial charge < -0.3 is 5.11 Å². The van der Waals surface area contributed by atoms with Crippen molar-refractivity contribution in [2.24, 2.45) is 0 Å². The second-order valence-electron chi connectivity index (χ2n) is 5.63. The lowest BCUT2D eigenvalue weighted by Crippen LogP contribution is -2.29. The van der Waals surface area contributed by atoms with Gasteiger partial charge in [-0.2, -0.15) is 0 Å². The molecule has 14 heavy (non-hydrogen) atoms. The van der Waals surface area contributed by atoms with E-state index < -0.39 is 13.7 Å². The summed E-state index contributed by atoms with van der Waals surface area (Å²) in [6.45, 7) is 6.94. The summed E-state index contributed by atoms with van der Waals surface area (Å²) >= 11 is 0. The molecule has 0 aromatic heterocycles. The van der Waals surface area contributed by atoms with E-state index in [0.29, 0.717) is 0 Å². The maximum absolute atomic E-state index is 10.1. The predicted octanol–water partition coefficient (Wildman–Crippen LogP) is 3.02. The zero-order chi connectivity index (χ0) is 10.7. The molecular weight excluding hydrogens is 188 g/mol. The molecule has 80 valence electrons. The molecule has 1 fully saturated rings. The van der Waals surface area contributed by atoms with Crippen LogP contribution in [0.15, 0.2) is 0 Å². The van der Waals surface area contributed by atoms with E-state index in [1.165, 1.54) is 6.42 Å². The van der Waals surface area contributed by atoms with Crippen LogP contribution in [-0.2, 0) is 0 Å². The highest BCUT2D eigenvalue weighted by molar-refractivity contribution is 6.76. The van der Waals surface area contributed by atoms with Gasteiger partial charge in [0.2, 0.25) is 0 Å². The third-order valence-electron chi connectivity index (χ3n) is 2.62. The molecule has 0 unspecified atom stereocenters. The Bertz CT molecular complexity index is 235. The van der Waals surface area contributed by atoms with Crippen molar-refractivity contribution in [3.8, 4) is 11.8 Å². The molecule has 0 aromatic carbocycles. The monoisotopic (exact) mass is 210 g/mol. The van der Waals surface area contributed by atoms with Gasteiger partial charge in [-0.15, -0.1) is 5.92 Å². The highest BCUT2D eigenvalue weighted by Gasteiger charge is 2.26. The molecule has 0 bridgehead atoms. The molecule has 0 spiro atoms. The van der Waals surface area contributed by atoms with E-state index in [2.05, 4.69) is 31.5 Å². The molecule has 2 heteroatoms. The molecule has 1 rings (SSSR count). The average molecular weight is 210 g/mol. The van der Waals surface area contributed by atoms with Crippen molar-refractivity contribution in [2.45, 2.75) is 63.4 Å². The first-order valence-electron chi connectivity index (χ1n) is 5.64. The zero-order valence-electron chi connectivity index (χ0n) is 9.69. The third kappa shape index (κ3) is 4.30. The Morgan fingerprint density at radius 3 is 2.21 bits per heavy atom. The number of hydrogen-bond acceptors (Lipinski definition) is 1. The van der Waals surface area contributed by atoms with Gasteiger partial charge in [-0.25, -0.2) is 0 Å². The zero-order valence-corrected chi connectivity index (χ0v) is 10.7. The van der Waals surface area contributed by atoms with Crippen LogP contribution in [0.1, 0.15) is 32.1 Å². The lowest BCUT2D eigenvalue weighted by atomic mass is 9.85. The van der Waals surface area contributed by atoms with Crippen LogP contribution in [0.5, 0.6) is 0 Å². The summed E-state index contributed by atoms with van der Waals surface area (Å²) in [7, 11) is -1.06. The maximum Gasteiger partial charge on any atom is 0.125 e. The van der Waals surface area contributed by atoms with Gasteiger partial charge in [0.25, 0.3) is 0 Å². The van der Waals surface area contributed by atoms with Gasteiger partial charge in [-0.05, 0) is 25.7 Å². The van der Waals surface area contributed by atoms with Crippen LogP contribution < -0.4 is 0 Å². The average Bonchev–Trinajstić information content (AvgIpc) is 2.02. The number of rotatable bonds is 1. The van der Waals surface area contributed by atoms with Crippen molar-refractivity contribution in [3.05, 3.63) is 0 Å². The highest BCUT2D eigenvalue weighted by Crippen LogP contribution is 2.27. The van der Waals surface area contributed by atoms with Gasteiger partial charge in [0, 0.05) is 6.04 Å². The van der Waals surface area contributed by atoms with E-state index >= 15 is 0 Å². The first kappa shape index (κ1) is 11.8. The maximum atomic E-state index is 10.1. The fourth-order valence-electron chi connectivity index (χ4n) is 1.74. The van der Waals surface area contributed by atoms with Gasteiger partial charge in [0.15, 0.2) is 0 Å². The van der Waals surface area contributed by atoms with Crippen molar-refractivity contribution in [1.82, 2.24) is 0 Å². The summed E-state index contributed by atoms with van der Waals surface area (Å²) < 4.78 is 0. The minimum atomic E-state index is -1.06. The van der Waals surface area contributed by atoms with Crippen LogP contribution in [0, 0.1) is 11.8 Å². The Labute approximate surface area is 88.9 Å². The minimum absolute atomic E-state index is 0.641. The largest absolute Gasteiger partial charge is 0.378 e. The van der Waals surface area contributed by atoms with Crippen molar-refractivity contribution in [3.63, 3.8) is 0 Å².